The van der Waals surface area contributed by atoms with E-state index >= 15 is 0 Å². The van der Waals surface area contributed by atoms with Crippen molar-refractivity contribution in [3.05, 3.63) is 42.0 Å². The predicted octanol–water partition coefficient (Wildman–Crippen LogP) is 0.123. The predicted molar refractivity (Wildman–Crippen MR) is 69.2 cm³/mol. The summed E-state index contributed by atoms with van der Waals surface area (Å²) in [4.78, 5) is 16.1. The zero-order valence-electron chi connectivity index (χ0n) is 10.7. The minimum Gasteiger partial charge on any atom is -0.342 e. The van der Waals surface area contributed by atoms with E-state index in [9.17, 15) is 4.79 Å². The average Bonchev–Trinajstić information content (AvgIpc) is 2.89. The summed E-state index contributed by atoms with van der Waals surface area (Å²) in [7, 11) is 0. The number of nitrogens with zero attached hydrogens (tertiary/aromatic N) is 4. The van der Waals surface area contributed by atoms with Gasteiger partial charge in [-0.3, -0.25) is 14.5 Å². The summed E-state index contributed by atoms with van der Waals surface area (Å²) in [5.41, 5.74) is 6.48. The molecule has 0 aliphatic heterocycles. The number of nitrogens with one attached hydrogen (secondary N) is 1. The monoisotopic (exact) mass is 260 g/mol. The molecule has 0 aliphatic carbocycles. The third kappa shape index (κ3) is 3.35. The molecule has 2 aromatic rings. The van der Waals surface area contributed by atoms with Crippen LogP contribution in [0.1, 0.15) is 29.1 Å². The number of pyridine rings is 1. The van der Waals surface area contributed by atoms with Crippen LogP contribution in [0.25, 0.3) is 0 Å². The molecule has 7 heteroatoms. The first-order valence-electron chi connectivity index (χ1n) is 6.02. The van der Waals surface area contributed by atoms with E-state index in [1.807, 2.05) is 25.1 Å². The third-order valence-electron chi connectivity index (χ3n) is 2.61. The molecule has 0 saturated carbocycles. The lowest BCUT2D eigenvalue weighted by molar-refractivity contribution is 0.0934. The van der Waals surface area contributed by atoms with Gasteiger partial charge >= 0.3 is 0 Å². The van der Waals surface area contributed by atoms with Crippen molar-refractivity contribution in [2.75, 3.05) is 6.54 Å². The van der Waals surface area contributed by atoms with Gasteiger partial charge in [-0.05, 0) is 19.1 Å². The van der Waals surface area contributed by atoms with Gasteiger partial charge in [-0.1, -0.05) is 11.3 Å². The number of amides is 1. The van der Waals surface area contributed by atoms with Crippen molar-refractivity contribution in [1.82, 2.24) is 25.3 Å². The van der Waals surface area contributed by atoms with Gasteiger partial charge in [-0.25, -0.2) is 0 Å². The van der Waals surface area contributed by atoms with Crippen LogP contribution in [0, 0.1) is 0 Å². The van der Waals surface area contributed by atoms with Gasteiger partial charge in [0.05, 0.1) is 24.5 Å². The van der Waals surface area contributed by atoms with Crippen LogP contribution in [-0.2, 0) is 6.54 Å². The van der Waals surface area contributed by atoms with E-state index in [1.54, 1.807) is 17.1 Å². The summed E-state index contributed by atoms with van der Waals surface area (Å²) in [5, 5.41) is 10.4. The molecule has 0 saturated heterocycles. The summed E-state index contributed by atoms with van der Waals surface area (Å²) in [6.07, 6.45) is 3.27. The fourth-order valence-electron chi connectivity index (χ4n) is 1.62. The van der Waals surface area contributed by atoms with E-state index in [1.165, 1.54) is 0 Å². The molecule has 0 aromatic carbocycles. The molecule has 2 rings (SSSR count). The van der Waals surface area contributed by atoms with Gasteiger partial charge in [-0.15, -0.1) is 5.10 Å². The molecular weight excluding hydrogens is 244 g/mol. The zero-order valence-corrected chi connectivity index (χ0v) is 10.7. The molecule has 7 nitrogen and oxygen atoms in total. The van der Waals surface area contributed by atoms with Gasteiger partial charge in [-0.2, -0.15) is 0 Å². The molecule has 0 radical (unpaired) electrons. The number of rotatable bonds is 5. The van der Waals surface area contributed by atoms with Crippen LogP contribution in [0.2, 0.25) is 0 Å². The smallest absolute Gasteiger partial charge is 0.273 e. The normalized spacial score (nSPS) is 12.1. The third-order valence-corrected chi connectivity index (χ3v) is 2.61. The van der Waals surface area contributed by atoms with E-state index < -0.39 is 0 Å². The number of aromatic nitrogens is 4. The minimum absolute atomic E-state index is 0.187. The van der Waals surface area contributed by atoms with Gasteiger partial charge in [0.15, 0.2) is 5.69 Å². The molecule has 0 unspecified atom stereocenters. The van der Waals surface area contributed by atoms with Crippen LogP contribution < -0.4 is 11.1 Å². The molecule has 1 atom stereocenters. The Bertz CT molecular complexity index is 538. The topological polar surface area (TPSA) is 98.7 Å². The summed E-state index contributed by atoms with van der Waals surface area (Å²) < 4.78 is 1.54. The maximum atomic E-state index is 12.0. The van der Waals surface area contributed by atoms with E-state index in [4.69, 9.17) is 5.73 Å². The standard InChI is InChI=1S/C12H16N6O/c1-9(10-4-2-3-6-14-10)15-12(19)11-8-18(7-5-13)17-16-11/h2-4,6,8-9H,5,7,13H2,1H3,(H,15,19)/t9-/m0/s1. The van der Waals surface area contributed by atoms with Crippen molar-refractivity contribution in [3.63, 3.8) is 0 Å². The lowest BCUT2D eigenvalue weighted by atomic mass is 10.2. The Morgan fingerprint density at radius 2 is 2.37 bits per heavy atom. The lowest BCUT2D eigenvalue weighted by Gasteiger charge is -2.11. The first-order valence-corrected chi connectivity index (χ1v) is 6.02. The van der Waals surface area contributed by atoms with Crippen LogP contribution in [0.4, 0.5) is 0 Å². The molecular formula is C12H16N6O. The Kier molecular flexibility index (Phi) is 4.19. The van der Waals surface area contributed by atoms with E-state index in [2.05, 4.69) is 20.6 Å². The fraction of sp³-hybridized carbons (Fsp3) is 0.333. The second-order valence-electron chi connectivity index (χ2n) is 4.11. The first kappa shape index (κ1) is 13.2. The Hall–Kier alpha value is -2.28. The second kappa shape index (κ2) is 6.05. The van der Waals surface area contributed by atoms with Gasteiger partial charge < -0.3 is 11.1 Å². The first-order chi connectivity index (χ1) is 9.20. The number of hydrogen-bond acceptors (Lipinski definition) is 5. The largest absolute Gasteiger partial charge is 0.342 e. The van der Waals surface area contributed by atoms with Crippen LogP contribution in [-0.4, -0.2) is 32.4 Å². The van der Waals surface area contributed by atoms with Crippen molar-refractivity contribution in [2.45, 2.75) is 19.5 Å². The van der Waals surface area contributed by atoms with E-state index in [0.29, 0.717) is 13.1 Å². The highest BCUT2D eigenvalue weighted by Crippen LogP contribution is 2.08. The minimum atomic E-state index is -0.276. The quantitative estimate of drug-likeness (QED) is 0.795. The van der Waals surface area contributed by atoms with Crippen molar-refractivity contribution in [3.8, 4) is 0 Å². The van der Waals surface area contributed by atoms with Crippen molar-refractivity contribution >= 4 is 5.91 Å². The van der Waals surface area contributed by atoms with Crippen LogP contribution >= 0.6 is 0 Å². The van der Waals surface area contributed by atoms with Crippen molar-refractivity contribution in [2.24, 2.45) is 5.73 Å². The highest BCUT2D eigenvalue weighted by atomic mass is 16.2. The summed E-state index contributed by atoms with van der Waals surface area (Å²) in [6.45, 7) is 2.86. The summed E-state index contributed by atoms with van der Waals surface area (Å²) >= 11 is 0. The number of carbonyl (C=O) groups excluding carboxylic acids is 1. The maximum absolute atomic E-state index is 12.0. The Balaban J connectivity index is 2.00. The summed E-state index contributed by atoms with van der Waals surface area (Å²) in [6, 6.07) is 5.38. The van der Waals surface area contributed by atoms with Crippen molar-refractivity contribution in [1.29, 1.82) is 0 Å². The van der Waals surface area contributed by atoms with Crippen LogP contribution in [0.3, 0.4) is 0 Å². The maximum Gasteiger partial charge on any atom is 0.273 e. The summed E-state index contributed by atoms with van der Waals surface area (Å²) in [5.74, 6) is -0.276. The molecule has 0 bridgehead atoms. The zero-order chi connectivity index (χ0) is 13.7. The molecule has 19 heavy (non-hydrogen) atoms. The molecule has 2 aromatic heterocycles. The number of carbonyl (C=O) groups is 1. The Labute approximate surface area is 110 Å². The van der Waals surface area contributed by atoms with Gasteiger partial charge in [0, 0.05) is 12.7 Å². The highest BCUT2D eigenvalue weighted by molar-refractivity contribution is 5.92. The van der Waals surface area contributed by atoms with E-state index in [-0.39, 0.29) is 17.6 Å². The molecule has 1 amide bonds. The Morgan fingerprint density at radius 1 is 1.53 bits per heavy atom. The fourth-order valence-corrected chi connectivity index (χ4v) is 1.62. The second-order valence-corrected chi connectivity index (χ2v) is 4.11. The van der Waals surface area contributed by atoms with Gasteiger partial charge in [0.1, 0.15) is 0 Å². The molecule has 2 heterocycles. The van der Waals surface area contributed by atoms with Crippen LogP contribution in [0.5, 0.6) is 0 Å². The molecule has 0 fully saturated rings. The lowest BCUT2D eigenvalue weighted by Crippen LogP contribution is -2.27. The van der Waals surface area contributed by atoms with E-state index in [0.717, 1.165) is 5.69 Å². The van der Waals surface area contributed by atoms with Gasteiger partial charge in [0.2, 0.25) is 0 Å². The molecule has 100 valence electrons. The van der Waals surface area contributed by atoms with Gasteiger partial charge in [0.25, 0.3) is 5.91 Å². The number of nitrogens with two attached hydrogens (primary N) is 1. The Morgan fingerprint density at radius 3 is 3.05 bits per heavy atom. The molecule has 0 aliphatic rings. The van der Waals surface area contributed by atoms with Crippen molar-refractivity contribution < 1.29 is 4.79 Å². The highest BCUT2D eigenvalue weighted by Gasteiger charge is 2.15. The molecule has 0 spiro atoms. The van der Waals surface area contributed by atoms with Crippen LogP contribution in [0.15, 0.2) is 30.6 Å². The average molecular weight is 260 g/mol. The molecule has 3 N–H and O–H groups in total. The SMILES string of the molecule is C[C@H](NC(=O)c1cn(CCN)nn1)c1ccccn1. The number of hydrogen-bond donors (Lipinski definition) is 2.